The average molecular weight is 915 g/mol. The molecule has 1 N–H and O–H groups in total. The van der Waals surface area contributed by atoms with E-state index in [-0.39, 0.29) is 36.6 Å². The molecule has 1 amide bonds. The minimum atomic E-state index is -0.170. The number of rotatable bonds is 21. The number of ether oxygens (including phenoxy) is 4. The maximum absolute atomic E-state index is 13.9. The summed E-state index contributed by atoms with van der Waals surface area (Å²) in [4.78, 5) is 57.5. The van der Waals surface area contributed by atoms with Crippen LogP contribution in [0.5, 0.6) is 17.2 Å². The fourth-order valence-corrected chi connectivity index (χ4v) is 9.92. The zero-order valence-electron chi connectivity index (χ0n) is 39.3. The van der Waals surface area contributed by atoms with Crippen molar-refractivity contribution in [1.82, 2.24) is 29.7 Å². The van der Waals surface area contributed by atoms with Gasteiger partial charge in [0.15, 0.2) is 6.61 Å². The van der Waals surface area contributed by atoms with Gasteiger partial charge in [0, 0.05) is 63.2 Å². The predicted octanol–water partition coefficient (Wildman–Crippen LogP) is 7.19. The van der Waals surface area contributed by atoms with Gasteiger partial charge in [-0.1, -0.05) is 60.5 Å². The zero-order chi connectivity index (χ0) is 46.5. The Balaban J connectivity index is 0.703. The third kappa shape index (κ3) is 12.4. The van der Waals surface area contributed by atoms with Crippen molar-refractivity contribution in [3.05, 3.63) is 124 Å². The molecule has 14 heteroatoms. The van der Waals surface area contributed by atoms with Gasteiger partial charge in [-0.25, -0.2) is 4.98 Å². The molecule has 0 aliphatic carbocycles. The third-order valence-electron chi connectivity index (χ3n) is 13.3. The highest BCUT2D eigenvalue weighted by Gasteiger charge is 2.39. The van der Waals surface area contributed by atoms with Crippen LogP contribution >= 0.6 is 0 Å². The fraction of sp³-hybridized carbons (Fsp3) is 0.472. The second-order valence-corrected chi connectivity index (χ2v) is 18.0. The summed E-state index contributed by atoms with van der Waals surface area (Å²) in [6, 6.07) is 29.5. The van der Waals surface area contributed by atoms with Gasteiger partial charge >= 0.3 is 5.97 Å². The number of piperidine rings is 2. The maximum Gasteiger partial charge on any atom is 0.310 e. The van der Waals surface area contributed by atoms with Gasteiger partial charge in [-0.3, -0.25) is 28.8 Å². The van der Waals surface area contributed by atoms with Crippen molar-refractivity contribution in [2.75, 3.05) is 59.7 Å². The van der Waals surface area contributed by atoms with Crippen LogP contribution in [0.15, 0.2) is 95.8 Å². The number of fused-ring (bicyclic) bond motifs is 3. The van der Waals surface area contributed by atoms with E-state index in [2.05, 4.69) is 15.3 Å². The normalized spacial score (nSPS) is 18.7. The van der Waals surface area contributed by atoms with Crippen LogP contribution in [0.25, 0.3) is 16.6 Å². The molecule has 14 nitrogen and oxygen atoms in total. The Labute approximate surface area is 394 Å². The number of amides is 1. The Morgan fingerprint density at radius 2 is 1.60 bits per heavy atom. The van der Waals surface area contributed by atoms with Crippen molar-refractivity contribution in [3.8, 4) is 22.9 Å². The lowest BCUT2D eigenvalue weighted by atomic mass is 9.82. The van der Waals surface area contributed by atoms with E-state index in [1.165, 1.54) is 19.3 Å². The number of unbranched alkanes of at least 4 members (excludes halogenated alkanes) is 2. The van der Waals surface area contributed by atoms with Crippen LogP contribution in [0, 0.1) is 6.92 Å². The van der Waals surface area contributed by atoms with Crippen LogP contribution in [0.4, 0.5) is 0 Å². The molecule has 0 saturated carbocycles. The van der Waals surface area contributed by atoms with E-state index in [1.807, 2.05) is 104 Å². The lowest BCUT2D eigenvalue weighted by Gasteiger charge is -2.48. The molecule has 2 bridgehead atoms. The summed E-state index contributed by atoms with van der Waals surface area (Å²) in [7, 11) is 1.64. The van der Waals surface area contributed by atoms with Crippen molar-refractivity contribution in [1.29, 1.82) is 0 Å². The average Bonchev–Trinajstić information content (AvgIpc) is 3.33. The first-order valence-corrected chi connectivity index (χ1v) is 24.1. The van der Waals surface area contributed by atoms with Crippen molar-refractivity contribution in [2.45, 2.75) is 103 Å². The van der Waals surface area contributed by atoms with Crippen molar-refractivity contribution in [3.63, 3.8) is 0 Å². The van der Waals surface area contributed by atoms with E-state index in [1.54, 1.807) is 17.7 Å². The summed E-state index contributed by atoms with van der Waals surface area (Å²) in [5.41, 5.74) is 7.30. The Kier molecular flexibility index (Phi) is 16.6. The smallest absolute Gasteiger partial charge is 0.310 e. The number of hydroxylamine groups is 1. The lowest BCUT2D eigenvalue weighted by Crippen LogP contribution is -2.54. The highest BCUT2D eigenvalue weighted by Crippen LogP contribution is 2.36. The molecule has 8 rings (SSSR count). The summed E-state index contributed by atoms with van der Waals surface area (Å²) < 4.78 is 25.0. The molecular weight excluding hydrogens is 849 g/mol. The van der Waals surface area contributed by atoms with E-state index >= 15 is 0 Å². The molecule has 356 valence electrons. The second kappa shape index (κ2) is 23.3. The molecule has 0 radical (unpaired) electrons. The second-order valence-electron chi connectivity index (χ2n) is 18.0. The first kappa shape index (κ1) is 47.7. The number of esters is 1. The highest BCUT2D eigenvalue weighted by molar-refractivity contribution is 5.79. The summed E-state index contributed by atoms with van der Waals surface area (Å²) in [6.07, 6.45) is 8.80. The molecule has 3 aliphatic heterocycles. The predicted molar refractivity (Wildman–Crippen MR) is 258 cm³/mol. The SMILES string of the molecule is CCOc1ccccc1-n1c(CN2CCN(C(=O)COc3ccc(CNOCCCCCN4C5CCCC4CC(OC(=O)Cc4cc(C)ccc4OC)C5)cc3)CC2)nc2ccccc2c1=O. The number of carbonyl (C=O) groups is 2. The fourth-order valence-electron chi connectivity index (χ4n) is 9.92. The van der Waals surface area contributed by atoms with Crippen LogP contribution in [0.1, 0.15) is 80.8 Å². The van der Waals surface area contributed by atoms with E-state index < -0.39 is 0 Å². The minimum Gasteiger partial charge on any atom is -0.496 e. The van der Waals surface area contributed by atoms with Crippen molar-refractivity contribution >= 4 is 22.8 Å². The molecule has 2 unspecified atom stereocenters. The van der Waals surface area contributed by atoms with Gasteiger partial charge in [0.2, 0.25) is 0 Å². The number of nitrogens with one attached hydrogen (secondary N) is 1. The quantitative estimate of drug-likeness (QED) is 0.0454. The largest absolute Gasteiger partial charge is 0.496 e. The topological polar surface area (TPSA) is 137 Å². The Morgan fingerprint density at radius 3 is 2.37 bits per heavy atom. The zero-order valence-corrected chi connectivity index (χ0v) is 39.3. The molecule has 3 fully saturated rings. The first-order chi connectivity index (χ1) is 32.8. The number of methoxy groups -OCH3 is 1. The van der Waals surface area contributed by atoms with Gasteiger partial charge in [-0.15, -0.1) is 0 Å². The van der Waals surface area contributed by atoms with Crippen molar-refractivity contribution in [2.24, 2.45) is 0 Å². The van der Waals surface area contributed by atoms with Gasteiger partial charge in [-0.2, -0.15) is 5.48 Å². The lowest BCUT2D eigenvalue weighted by molar-refractivity contribution is -0.154. The minimum absolute atomic E-state index is 0.0183. The summed E-state index contributed by atoms with van der Waals surface area (Å²) in [5.74, 6) is 2.39. The molecule has 4 aromatic carbocycles. The van der Waals surface area contributed by atoms with Gasteiger partial charge in [0.25, 0.3) is 11.5 Å². The standard InChI is InChI=1S/C53H66N6O8/c1-4-64-49-18-9-8-17-47(49)59-50(55-46-16-7-6-15-45(46)53(59)62)36-56-26-28-57(29-27-56)51(60)37-65-43-22-20-39(21-23-43)35-54-66-30-11-5-10-25-58-41-13-12-14-42(58)34-44(33-41)67-52(61)32-40-31-38(2)19-24-48(40)63-3/h6-9,15-24,31,41-42,44,54H,4-5,10-14,25-30,32-37H2,1-3H3. The Bertz CT molecular complexity index is 2470. The van der Waals surface area contributed by atoms with Crippen LogP contribution in [0.2, 0.25) is 0 Å². The molecule has 1 aromatic heterocycles. The molecular formula is C53H66N6O8. The summed E-state index contributed by atoms with van der Waals surface area (Å²) >= 11 is 0. The van der Waals surface area contributed by atoms with Crippen LogP contribution in [-0.2, 0) is 38.7 Å². The van der Waals surface area contributed by atoms with Crippen LogP contribution < -0.4 is 25.2 Å². The first-order valence-electron chi connectivity index (χ1n) is 24.1. The van der Waals surface area contributed by atoms with E-state index in [0.29, 0.717) is 98.5 Å². The van der Waals surface area contributed by atoms with E-state index in [4.69, 9.17) is 28.8 Å². The van der Waals surface area contributed by atoms with Crippen molar-refractivity contribution < 1.29 is 33.4 Å². The number of aryl methyl sites for hydroxylation is 1. The van der Waals surface area contributed by atoms with Gasteiger partial charge in [0.05, 0.1) is 49.9 Å². The molecule has 3 saturated heterocycles. The number of benzene rings is 4. The molecule has 67 heavy (non-hydrogen) atoms. The molecule has 0 spiro atoms. The number of piperazine rings is 1. The molecule has 4 heterocycles. The number of carbonyl (C=O) groups excluding carboxylic acids is 2. The van der Waals surface area contributed by atoms with E-state index in [0.717, 1.165) is 61.1 Å². The highest BCUT2D eigenvalue weighted by atomic mass is 16.6. The summed E-state index contributed by atoms with van der Waals surface area (Å²) in [5, 5.41) is 0.549. The monoisotopic (exact) mass is 914 g/mol. The Hall–Kier alpha value is -5.80. The van der Waals surface area contributed by atoms with Gasteiger partial charge < -0.3 is 28.7 Å². The van der Waals surface area contributed by atoms with Crippen LogP contribution in [0.3, 0.4) is 0 Å². The van der Waals surface area contributed by atoms with Crippen LogP contribution in [-0.4, -0.2) is 114 Å². The molecule has 2 atom stereocenters. The third-order valence-corrected chi connectivity index (χ3v) is 13.3. The number of hydrogen-bond acceptors (Lipinski definition) is 12. The van der Waals surface area contributed by atoms with Gasteiger partial charge in [-0.05, 0) is 101 Å². The number of nitrogens with zero attached hydrogens (tertiary/aromatic N) is 5. The number of aromatic nitrogens is 2. The van der Waals surface area contributed by atoms with E-state index in [9.17, 15) is 14.4 Å². The Morgan fingerprint density at radius 1 is 0.836 bits per heavy atom. The molecule has 5 aromatic rings. The molecule has 3 aliphatic rings. The summed E-state index contributed by atoms with van der Waals surface area (Å²) in [6.45, 7) is 9.47. The number of para-hydroxylation sites is 3. The maximum atomic E-state index is 13.9. The van der Waals surface area contributed by atoms with Gasteiger partial charge in [0.1, 0.15) is 29.2 Å². The number of hydrogen-bond donors (Lipinski definition) is 1.